The monoisotopic (exact) mass is 811 g/mol. The third kappa shape index (κ3) is 4.90. The maximum atomic E-state index is 6.39. The molecule has 4 bridgehead atoms. The van der Waals surface area contributed by atoms with E-state index >= 15 is 0 Å². The van der Waals surface area contributed by atoms with Crippen molar-refractivity contribution in [2.45, 2.75) is 56.8 Å². The van der Waals surface area contributed by atoms with E-state index < -0.39 is 0 Å². The highest BCUT2D eigenvalue weighted by molar-refractivity contribution is 6.12. The van der Waals surface area contributed by atoms with Crippen molar-refractivity contribution in [1.29, 1.82) is 0 Å². The molecule has 63 heavy (non-hydrogen) atoms. The van der Waals surface area contributed by atoms with Gasteiger partial charge in [0, 0.05) is 38.7 Å². The summed E-state index contributed by atoms with van der Waals surface area (Å²) in [6.45, 7) is 4.78. The Morgan fingerprint density at radius 3 is 1.83 bits per heavy atom. The predicted octanol–water partition coefficient (Wildman–Crippen LogP) is 16.4. The predicted molar refractivity (Wildman–Crippen MR) is 260 cm³/mol. The summed E-state index contributed by atoms with van der Waals surface area (Å²) < 4.78 is 6.39. The lowest BCUT2D eigenvalue weighted by Gasteiger charge is -2.61. The van der Waals surface area contributed by atoms with Crippen LogP contribution in [0, 0.1) is 23.7 Å². The van der Waals surface area contributed by atoms with Gasteiger partial charge in [-0.05, 0) is 171 Å². The molecule has 9 aromatic rings. The van der Waals surface area contributed by atoms with Gasteiger partial charge in [-0.15, -0.1) is 0 Å². The molecule has 1 heterocycles. The molecule has 0 aliphatic heterocycles. The van der Waals surface area contributed by atoms with Crippen LogP contribution in [0.4, 0.5) is 17.1 Å². The molecule has 0 amide bonds. The molecular weight excluding hydrogens is 763 g/mol. The minimum atomic E-state index is -0.0906. The third-order valence-corrected chi connectivity index (χ3v) is 16.6. The maximum absolute atomic E-state index is 6.39. The smallest absolute Gasteiger partial charge is 0.136 e. The molecule has 0 saturated heterocycles. The molecule has 2 heteroatoms. The third-order valence-electron chi connectivity index (χ3n) is 16.6. The van der Waals surface area contributed by atoms with E-state index in [9.17, 15) is 0 Å². The summed E-state index contributed by atoms with van der Waals surface area (Å²) >= 11 is 0. The van der Waals surface area contributed by atoms with Crippen molar-refractivity contribution in [2.75, 3.05) is 4.90 Å². The number of anilines is 3. The fraction of sp³-hybridized carbons (Fsp3) is 0.213. The van der Waals surface area contributed by atoms with E-state index in [1.165, 1.54) is 98.8 Å². The van der Waals surface area contributed by atoms with Gasteiger partial charge >= 0.3 is 0 Å². The van der Waals surface area contributed by atoms with Crippen LogP contribution in [-0.2, 0) is 10.8 Å². The average Bonchev–Trinajstić information content (AvgIpc) is 3.92. The summed E-state index contributed by atoms with van der Waals surface area (Å²) in [6, 6.07) is 66.4. The van der Waals surface area contributed by atoms with Crippen molar-refractivity contribution in [1.82, 2.24) is 0 Å². The minimum Gasteiger partial charge on any atom is -0.456 e. The molecule has 1 spiro atoms. The second-order valence-electron chi connectivity index (χ2n) is 20.1. The van der Waals surface area contributed by atoms with Gasteiger partial charge in [-0.2, -0.15) is 0 Å². The van der Waals surface area contributed by atoms with Crippen LogP contribution in [0.1, 0.15) is 68.2 Å². The lowest BCUT2D eigenvalue weighted by Crippen LogP contribution is -2.55. The number of hydrogen-bond donors (Lipinski definition) is 0. The largest absolute Gasteiger partial charge is 0.456 e. The highest BCUT2D eigenvalue weighted by Gasteiger charge is 2.61. The highest BCUT2D eigenvalue weighted by atomic mass is 16.3. The van der Waals surface area contributed by atoms with Crippen LogP contribution in [0.5, 0.6) is 0 Å². The summed E-state index contributed by atoms with van der Waals surface area (Å²) in [6.07, 6.45) is 6.94. The molecule has 0 atom stereocenters. The maximum Gasteiger partial charge on any atom is 0.136 e. The SMILES string of the molecule is CC1(C)c2ccccc2-c2cccc(-c3ccc(N(c4cccc(-c5cccc6oc7ccccc7c56)c4)c4ccc5c(c4)C4(c6ccccc6-5)C5CC6CC(C5)CC4C6)cc3)c21. The zero-order valence-corrected chi connectivity index (χ0v) is 35.9. The molecule has 2 nitrogen and oxygen atoms in total. The Kier molecular flexibility index (Phi) is 7.38. The van der Waals surface area contributed by atoms with Crippen molar-refractivity contribution in [2.24, 2.45) is 23.7 Å². The van der Waals surface area contributed by atoms with Crippen LogP contribution in [0.3, 0.4) is 0 Å². The van der Waals surface area contributed by atoms with Crippen LogP contribution in [0.15, 0.2) is 180 Å². The first-order valence-corrected chi connectivity index (χ1v) is 23.3. The number of furan rings is 1. The normalized spacial score (nSPS) is 23.0. The number of rotatable bonds is 5. The first-order valence-electron chi connectivity index (χ1n) is 23.3. The van der Waals surface area contributed by atoms with Gasteiger partial charge in [-0.3, -0.25) is 0 Å². The number of para-hydroxylation sites is 1. The average molecular weight is 812 g/mol. The van der Waals surface area contributed by atoms with Crippen LogP contribution in [0.25, 0.3) is 66.4 Å². The molecule has 0 N–H and O–H groups in total. The van der Waals surface area contributed by atoms with E-state index in [-0.39, 0.29) is 10.8 Å². The fourth-order valence-electron chi connectivity index (χ4n) is 14.4. The number of hydrogen-bond acceptors (Lipinski definition) is 2. The zero-order chi connectivity index (χ0) is 41.6. The summed E-state index contributed by atoms with van der Waals surface area (Å²) in [5.41, 5.74) is 21.9. The van der Waals surface area contributed by atoms with Gasteiger partial charge < -0.3 is 9.32 Å². The molecule has 6 aliphatic rings. The van der Waals surface area contributed by atoms with Gasteiger partial charge in [0.15, 0.2) is 0 Å². The second-order valence-corrected chi connectivity index (χ2v) is 20.1. The first kappa shape index (κ1) is 35.9. The summed E-state index contributed by atoms with van der Waals surface area (Å²) in [5.74, 6) is 3.21. The highest BCUT2D eigenvalue weighted by Crippen LogP contribution is 2.69. The minimum absolute atomic E-state index is 0.0861. The number of fused-ring (bicyclic) bond motifs is 9. The van der Waals surface area contributed by atoms with E-state index in [1.807, 2.05) is 0 Å². The fourth-order valence-corrected chi connectivity index (χ4v) is 14.4. The Hall–Kier alpha value is -6.64. The van der Waals surface area contributed by atoms with Crippen molar-refractivity contribution in [3.05, 3.63) is 198 Å². The molecule has 15 rings (SSSR count). The van der Waals surface area contributed by atoms with Gasteiger partial charge in [0.25, 0.3) is 0 Å². The van der Waals surface area contributed by atoms with E-state index in [1.54, 1.807) is 11.1 Å². The topological polar surface area (TPSA) is 16.4 Å². The molecule has 1 aromatic heterocycles. The molecule has 0 radical (unpaired) electrons. The van der Waals surface area contributed by atoms with Crippen LogP contribution >= 0.6 is 0 Å². The number of benzene rings is 8. The summed E-state index contributed by atoms with van der Waals surface area (Å²) in [7, 11) is 0. The van der Waals surface area contributed by atoms with Gasteiger partial charge in [0.1, 0.15) is 11.2 Å². The Balaban J connectivity index is 0.948. The Labute approximate surface area is 369 Å². The van der Waals surface area contributed by atoms with Gasteiger partial charge in [-0.25, -0.2) is 0 Å². The molecular formula is C61H49NO. The summed E-state index contributed by atoms with van der Waals surface area (Å²) in [4.78, 5) is 2.53. The molecule has 4 saturated carbocycles. The van der Waals surface area contributed by atoms with E-state index in [4.69, 9.17) is 4.42 Å². The second kappa shape index (κ2) is 13.0. The lowest BCUT2D eigenvalue weighted by atomic mass is 9.43. The van der Waals surface area contributed by atoms with Gasteiger partial charge in [0.2, 0.25) is 0 Å². The summed E-state index contributed by atoms with van der Waals surface area (Å²) in [5, 5.41) is 2.32. The van der Waals surface area contributed by atoms with Crippen molar-refractivity contribution in [3.8, 4) is 44.5 Å². The molecule has 8 aromatic carbocycles. The zero-order valence-electron chi connectivity index (χ0n) is 35.9. The quantitative estimate of drug-likeness (QED) is 0.172. The standard InChI is InChI=1S/C61H49NO/c1-60(2)53-20-6-3-15-49(53)51-19-10-18-47(59(51)60)39-24-26-43(27-25-39)62(44-13-9-12-40(35-44)46-17-11-23-57-58(46)52-16-5-8-22-56(52)63-57)45-28-29-50-48-14-4-7-21-54(48)61(55(50)36-45)41-31-37-30-38(33-41)34-42(61)32-37/h3-29,35-38,41-42H,30-34H2,1-2H3. The molecule has 0 unspecified atom stereocenters. The van der Waals surface area contributed by atoms with E-state index in [0.29, 0.717) is 11.8 Å². The van der Waals surface area contributed by atoms with E-state index in [0.717, 1.165) is 39.8 Å². The lowest BCUT2D eigenvalue weighted by molar-refractivity contribution is -0.0399. The first-order chi connectivity index (χ1) is 30.9. The molecule has 6 aliphatic carbocycles. The van der Waals surface area contributed by atoms with E-state index in [2.05, 4.69) is 195 Å². The van der Waals surface area contributed by atoms with Crippen LogP contribution in [0.2, 0.25) is 0 Å². The van der Waals surface area contributed by atoms with Crippen molar-refractivity contribution >= 4 is 39.0 Å². The Morgan fingerprint density at radius 1 is 0.429 bits per heavy atom. The van der Waals surface area contributed by atoms with Crippen molar-refractivity contribution in [3.63, 3.8) is 0 Å². The van der Waals surface area contributed by atoms with Crippen LogP contribution < -0.4 is 4.90 Å². The van der Waals surface area contributed by atoms with Crippen molar-refractivity contribution < 1.29 is 4.42 Å². The molecule has 4 fully saturated rings. The Bertz CT molecular complexity index is 3320. The van der Waals surface area contributed by atoms with Gasteiger partial charge in [-0.1, -0.05) is 141 Å². The van der Waals surface area contributed by atoms with Gasteiger partial charge in [0.05, 0.1) is 0 Å². The number of nitrogens with zero attached hydrogens (tertiary/aromatic N) is 1. The molecule has 304 valence electrons. The Morgan fingerprint density at radius 2 is 1.02 bits per heavy atom. The van der Waals surface area contributed by atoms with Crippen LogP contribution in [-0.4, -0.2) is 0 Å².